The summed E-state index contributed by atoms with van der Waals surface area (Å²) < 4.78 is 16.4. The summed E-state index contributed by atoms with van der Waals surface area (Å²) in [6.07, 6.45) is 7.01. The van der Waals surface area contributed by atoms with E-state index in [1.807, 2.05) is 17.7 Å². The molecule has 6 rings (SSSR count). The van der Waals surface area contributed by atoms with Crippen LogP contribution in [0.25, 0.3) is 10.2 Å². The van der Waals surface area contributed by atoms with Crippen LogP contribution >= 0.6 is 11.3 Å². The van der Waals surface area contributed by atoms with E-state index in [0.29, 0.717) is 9.50 Å². The van der Waals surface area contributed by atoms with Crippen LogP contribution in [0.2, 0.25) is 0 Å². The predicted octanol–water partition coefficient (Wildman–Crippen LogP) is 3.53. The lowest BCUT2D eigenvalue weighted by molar-refractivity contribution is -0.146. The highest BCUT2D eigenvalue weighted by molar-refractivity contribution is 7.16. The minimum Gasteiger partial charge on any atom is -0.318 e. The number of nitrogens with one attached hydrogen (secondary N) is 1. The largest absolute Gasteiger partial charge is 0.318 e. The van der Waals surface area contributed by atoms with Gasteiger partial charge >= 0.3 is 0 Å². The van der Waals surface area contributed by atoms with Gasteiger partial charge < -0.3 is 4.57 Å². The van der Waals surface area contributed by atoms with Crippen molar-refractivity contribution in [2.75, 3.05) is 0 Å². The second kappa shape index (κ2) is 5.40. The molecule has 132 valence electrons. The molecule has 0 saturated heterocycles. The first-order valence-electron chi connectivity index (χ1n) is 9.12. The third kappa shape index (κ3) is 2.37. The molecule has 4 nitrogen and oxygen atoms in total. The minimum absolute atomic E-state index is 0.0736. The minimum atomic E-state index is -0.244. The van der Waals surface area contributed by atoms with Crippen LogP contribution in [-0.4, -0.2) is 10.5 Å². The zero-order valence-electron chi connectivity index (χ0n) is 14.3. The normalized spacial score (nSPS) is 34.0. The first-order chi connectivity index (χ1) is 12.0. The molecule has 4 aliphatic carbocycles. The van der Waals surface area contributed by atoms with Crippen molar-refractivity contribution in [3.63, 3.8) is 0 Å². The smallest absolute Gasteiger partial charge is 0.246 e. The predicted molar refractivity (Wildman–Crippen MR) is 95.1 cm³/mol. The molecule has 0 radical (unpaired) electrons. The zero-order chi connectivity index (χ0) is 17.2. The Bertz CT molecular complexity index is 893. The molecule has 4 saturated carbocycles. The van der Waals surface area contributed by atoms with Gasteiger partial charge in [-0.1, -0.05) is 17.4 Å². The number of amides is 1. The van der Waals surface area contributed by atoms with Crippen LogP contribution in [0.15, 0.2) is 23.3 Å². The lowest BCUT2D eigenvalue weighted by Gasteiger charge is -2.55. The zero-order valence-corrected chi connectivity index (χ0v) is 15.1. The molecule has 0 unspecified atom stereocenters. The van der Waals surface area contributed by atoms with E-state index in [2.05, 4.69) is 10.5 Å². The third-order valence-corrected chi connectivity index (χ3v) is 7.72. The molecule has 4 bridgehead atoms. The van der Waals surface area contributed by atoms with Gasteiger partial charge in [-0.15, -0.1) is 5.10 Å². The average molecular weight is 359 g/mol. The van der Waals surface area contributed by atoms with Crippen LogP contribution in [0.3, 0.4) is 0 Å². The molecule has 1 aromatic heterocycles. The van der Waals surface area contributed by atoms with Gasteiger partial charge in [-0.3, -0.25) is 4.79 Å². The highest BCUT2D eigenvalue weighted by Crippen LogP contribution is 2.60. The number of hydrogen-bond donors (Lipinski definition) is 1. The van der Waals surface area contributed by atoms with Gasteiger partial charge in [-0.2, -0.15) is 0 Å². The fourth-order valence-corrected chi connectivity index (χ4v) is 6.81. The summed E-state index contributed by atoms with van der Waals surface area (Å²) in [4.78, 5) is 13.6. The maximum absolute atomic E-state index is 14.0. The Morgan fingerprint density at radius 3 is 2.48 bits per heavy atom. The third-order valence-electron chi connectivity index (χ3n) is 6.56. The molecule has 4 aliphatic rings. The summed E-state index contributed by atoms with van der Waals surface area (Å²) >= 11 is 1.28. The average Bonchev–Trinajstić information content (AvgIpc) is 2.89. The second-order valence-corrected chi connectivity index (χ2v) is 9.26. The quantitative estimate of drug-likeness (QED) is 0.819. The van der Waals surface area contributed by atoms with Crippen molar-refractivity contribution in [1.82, 2.24) is 9.99 Å². The number of nitrogens with zero attached hydrogens (tertiary/aromatic N) is 2. The SMILES string of the molecule is Cn1/c(=N\NC(=O)C23CC4CC(CC(C4)C2)C3)sc2c(F)cccc21. The van der Waals surface area contributed by atoms with E-state index >= 15 is 0 Å². The molecule has 6 heteroatoms. The van der Waals surface area contributed by atoms with Crippen LogP contribution in [-0.2, 0) is 11.8 Å². The maximum Gasteiger partial charge on any atom is 0.246 e. The van der Waals surface area contributed by atoms with Crippen molar-refractivity contribution in [3.05, 3.63) is 28.8 Å². The number of aryl methyl sites for hydroxylation is 1. The van der Waals surface area contributed by atoms with Crippen molar-refractivity contribution in [2.24, 2.45) is 35.3 Å². The second-order valence-electron chi connectivity index (χ2n) is 8.28. The molecule has 1 N–H and O–H groups in total. The summed E-state index contributed by atoms with van der Waals surface area (Å²) in [6, 6.07) is 5.02. The highest BCUT2D eigenvalue weighted by Gasteiger charge is 2.54. The van der Waals surface area contributed by atoms with Gasteiger partial charge in [0.05, 0.1) is 15.6 Å². The van der Waals surface area contributed by atoms with Crippen LogP contribution in [0.1, 0.15) is 38.5 Å². The molecule has 25 heavy (non-hydrogen) atoms. The Labute approximate surface area is 149 Å². The summed E-state index contributed by atoms with van der Waals surface area (Å²) in [5, 5.41) is 4.36. The Morgan fingerprint density at radius 2 is 1.88 bits per heavy atom. The Morgan fingerprint density at radius 1 is 1.24 bits per heavy atom. The molecule has 0 atom stereocenters. The highest BCUT2D eigenvalue weighted by atomic mass is 32.1. The summed E-state index contributed by atoms with van der Waals surface area (Å²) in [5.41, 5.74) is 3.42. The fourth-order valence-electron chi connectivity index (χ4n) is 5.83. The number of carbonyl (C=O) groups is 1. The number of fused-ring (bicyclic) bond motifs is 1. The summed E-state index contributed by atoms with van der Waals surface area (Å²) in [7, 11) is 1.86. The van der Waals surface area contributed by atoms with E-state index < -0.39 is 0 Å². The monoisotopic (exact) mass is 359 g/mol. The number of rotatable bonds is 2. The van der Waals surface area contributed by atoms with E-state index in [-0.39, 0.29) is 17.1 Å². The summed E-state index contributed by atoms with van der Waals surface area (Å²) in [6.45, 7) is 0. The lowest BCUT2D eigenvalue weighted by atomic mass is 9.49. The molecule has 1 aromatic carbocycles. The number of aromatic nitrogens is 1. The van der Waals surface area contributed by atoms with Gasteiger partial charge in [-0.25, -0.2) is 9.82 Å². The van der Waals surface area contributed by atoms with Crippen LogP contribution in [0.4, 0.5) is 4.39 Å². The Balaban J connectivity index is 1.45. The summed E-state index contributed by atoms with van der Waals surface area (Å²) in [5.74, 6) is 2.01. The van der Waals surface area contributed by atoms with Crippen molar-refractivity contribution in [1.29, 1.82) is 0 Å². The molecule has 0 spiro atoms. The number of thiazole rings is 1. The number of halogens is 1. The van der Waals surface area contributed by atoms with Crippen LogP contribution < -0.4 is 10.2 Å². The molecule has 0 aliphatic heterocycles. The van der Waals surface area contributed by atoms with E-state index in [1.165, 1.54) is 36.7 Å². The van der Waals surface area contributed by atoms with E-state index in [9.17, 15) is 9.18 Å². The van der Waals surface area contributed by atoms with Crippen molar-refractivity contribution < 1.29 is 9.18 Å². The van der Waals surface area contributed by atoms with Gasteiger partial charge in [0.1, 0.15) is 5.82 Å². The van der Waals surface area contributed by atoms with Crippen LogP contribution in [0.5, 0.6) is 0 Å². The number of carbonyl (C=O) groups excluding carboxylic acids is 1. The first kappa shape index (κ1) is 15.6. The molecular formula is C19H22FN3OS. The van der Waals surface area contributed by atoms with Gasteiger partial charge in [0, 0.05) is 7.05 Å². The topological polar surface area (TPSA) is 46.4 Å². The standard InChI is InChI=1S/C19H22FN3OS/c1-23-15-4-2-3-14(20)16(15)25-18(23)22-21-17(24)19-8-11-5-12(9-19)7-13(6-11)10-19/h2-4,11-13H,5-10H2,1H3,(H,21,24)/b22-18+. The first-order valence-corrected chi connectivity index (χ1v) is 9.94. The molecular weight excluding hydrogens is 337 g/mol. The fraction of sp³-hybridized carbons (Fsp3) is 0.579. The van der Waals surface area contributed by atoms with Crippen molar-refractivity contribution in [3.8, 4) is 0 Å². The Hall–Kier alpha value is -1.69. The lowest BCUT2D eigenvalue weighted by Crippen LogP contribution is -2.53. The number of hydrogen-bond acceptors (Lipinski definition) is 3. The van der Waals surface area contributed by atoms with E-state index in [1.54, 1.807) is 6.07 Å². The maximum atomic E-state index is 14.0. The van der Waals surface area contributed by atoms with Crippen molar-refractivity contribution in [2.45, 2.75) is 38.5 Å². The molecule has 1 heterocycles. The Kier molecular flexibility index (Phi) is 3.36. The van der Waals surface area contributed by atoms with Gasteiger partial charge in [0.15, 0.2) is 0 Å². The van der Waals surface area contributed by atoms with E-state index in [4.69, 9.17) is 0 Å². The molecule has 4 fully saturated rings. The number of benzene rings is 1. The molecule has 2 aromatic rings. The van der Waals surface area contributed by atoms with Gasteiger partial charge in [0.2, 0.25) is 10.7 Å². The van der Waals surface area contributed by atoms with Crippen LogP contribution in [0, 0.1) is 29.0 Å². The van der Waals surface area contributed by atoms with E-state index in [0.717, 1.165) is 42.5 Å². The van der Waals surface area contributed by atoms with Gasteiger partial charge in [-0.05, 0) is 68.4 Å². The van der Waals surface area contributed by atoms with Crippen molar-refractivity contribution >= 4 is 27.5 Å². The van der Waals surface area contributed by atoms with Gasteiger partial charge in [0.25, 0.3) is 0 Å². The molecule has 1 amide bonds.